The minimum atomic E-state index is -1.58. The second-order valence-corrected chi connectivity index (χ2v) is 9.04. The molecule has 2 saturated heterocycles. The molecule has 5 atom stereocenters. The first-order valence-electron chi connectivity index (χ1n) is 11.0. The third-order valence-electron chi connectivity index (χ3n) is 7.24. The number of amides is 3. The normalized spacial score (nSPS) is 28.9. The first kappa shape index (κ1) is 21.4. The Morgan fingerprint density at radius 3 is 2.55 bits per heavy atom. The number of benzene rings is 2. The van der Waals surface area contributed by atoms with Crippen molar-refractivity contribution in [2.45, 2.75) is 44.3 Å². The van der Waals surface area contributed by atoms with E-state index in [1.54, 1.807) is 13.0 Å². The number of nitrogens with one attached hydrogen (secondary N) is 2. The minimum absolute atomic E-state index is 0.210. The summed E-state index contributed by atoms with van der Waals surface area (Å²) in [6, 6.07) is 7.26. The van der Waals surface area contributed by atoms with E-state index in [4.69, 9.17) is 0 Å². The summed E-state index contributed by atoms with van der Waals surface area (Å²) in [5.74, 6) is -4.32. The second-order valence-electron chi connectivity index (χ2n) is 9.04. The van der Waals surface area contributed by atoms with Crippen LogP contribution >= 0.6 is 0 Å². The van der Waals surface area contributed by atoms with Gasteiger partial charge in [0.25, 0.3) is 0 Å². The number of aromatic hydroxyl groups is 2. The van der Waals surface area contributed by atoms with Crippen LogP contribution in [-0.2, 0) is 26.3 Å². The second kappa shape index (κ2) is 7.28. The van der Waals surface area contributed by atoms with Crippen LogP contribution in [0.5, 0.6) is 11.5 Å². The van der Waals surface area contributed by atoms with Crippen molar-refractivity contribution in [3.05, 3.63) is 53.3 Å². The lowest BCUT2D eigenvalue weighted by molar-refractivity contribution is -0.145. The van der Waals surface area contributed by atoms with Crippen molar-refractivity contribution >= 4 is 23.4 Å². The predicted octanol–water partition coefficient (Wildman–Crippen LogP) is 2.00. The number of carbonyl (C=O) groups is 3. The van der Waals surface area contributed by atoms with Gasteiger partial charge in [0.1, 0.15) is 11.4 Å². The third-order valence-corrected chi connectivity index (χ3v) is 7.24. The van der Waals surface area contributed by atoms with Gasteiger partial charge >= 0.3 is 0 Å². The predicted molar refractivity (Wildman–Crippen MR) is 116 cm³/mol. The molecule has 3 aliphatic rings. The molecule has 0 aromatic heterocycles. The molecule has 8 nitrogen and oxygen atoms in total. The molecule has 3 heterocycles. The van der Waals surface area contributed by atoms with Gasteiger partial charge in [-0.05, 0) is 55.7 Å². The van der Waals surface area contributed by atoms with Crippen molar-refractivity contribution in [3.63, 3.8) is 0 Å². The Balaban J connectivity index is 1.64. The molecule has 5 rings (SSSR count). The maximum absolute atomic E-state index is 14.2. The first-order valence-corrected chi connectivity index (χ1v) is 11.0. The SMILES string of the molecule is CCC(C)N1C(=O)C2C(Cc3ccc(O)c(O)c3)NC3(C(=O)Nc4ccc(F)cc43)C2C1=O. The Morgan fingerprint density at radius 2 is 1.85 bits per heavy atom. The van der Waals surface area contributed by atoms with Crippen LogP contribution in [-0.4, -0.2) is 44.9 Å². The van der Waals surface area contributed by atoms with Crippen molar-refractivity contribution in [1.29, 1.82) is 0 Å². The summed E-state index contributed by atoms with van der Waals surface area (Å²) < 4.78 is 14.2. The fourth-order valence-corrected chi connectivity index (χ4v) is 5.54. The number of phenols is 2. The highest BCUT2D eigenvalue weighted by Crippen LogP contribution is 2.53. The monoisotopic (exact) mass is 453 g/mol. The fourth-order valence-electron chi connectivity index (χ4n) is 5.54. The maximum Gasteiger partial charge on any atom is 0.250 e. The molecule has 172 valence electrons. The summed E-state index contributed by atoms with van der Waals surface area (Å²) in [6.07, 6.45) is 0.771. The lowest BCUT2D eigenvalue weighted by atomic mass is 9.76. The van der Waals surface area contributed by atoms with E-state index in [-0.39, 0.29) is 29.9 Å². The van der Waals surface area contributed by atoms with E-state index in [0.717, 1.165) is 0 Å². The van der Waals surface area contributed by atoms with Crippen LogP contribution in [0.1, 0.15) is 31.4 Å². The molecule has 1 spiro atoms. The molecule has 2 aromatic carbocycles. The number of hydrogen-bond donors (Lipinski definition) is 4. The van der Waals surface area contributed by atoms with Gasteiger partial charge in [0.15, 0.2) is 11.5 Å². The Labute approximate surface area is 189 Å². The average molecular weight is 453 g/mol. The smallest absolute Gasteiger partial charge is 0.250 e. The van der Waals surface area contributed by atoms with E-state index >= 15 is 0 Å². The molecule has 9 heteroatoms. The van der Waals surface area contributed by atoms with Crippen molar-refractivity contribution in [2.75, 3.05) is 5.32 Å². The molecule has 3 aliphatic heterocycles. The number of carbonyl (C=O) groups excluding carboxylic acids is 3. The lowest BCUT2D eigenvalue weighted by Gasteiger charge is -2.31. The minimum Gasteiger partial charge on any atom is -0.504 e. The zero-order chi connectivity index (χ0) is 23.7. The van der Waals surface area contributed by atoms with Gasteiger partial charge in [-0.3, -0.25) is 24.6 Å². The number of hydrogen-bond acceptors (Lipinski definition) is 6. The van der Waals surface area contributed by atoms with E-state index in [1.165, 1.54) is 35.2 Å². The van der Waals surface area contributed by atoms with Crippen LogP contribution in [0.4, 0.5) is 10.1 Å². The van der Waals surface area contributed by atoms with Crippen LogP contribution in [0.3, 0.4) is 0 Å². The zero-order valence-electron chi connectivity index (χ0n) is 18.1. The quantitative estimate of drug-likeness (QED) is 0.415. The molecule has 0 aliphatic carbocycles. The summed E-state index contributed by atoms with van der Waals surface area (Å²) in [5.41, 5.74) is -0.261. The Kier molecular flexibility index (Phi) is 4.72. The van der Waals surface area contributed by atoms with E-state index in [0.29, 0.717) is 23.2 Å². The Hall–Kier alpha value is -3.46. The number of phenolic OH excluding ortho intramolecular Hbond substituents is 2. The van der Waals surface area contributed by atoms with Crippen molar-refractivity contribution in [1.82, 2.24) is 10.2 Å². The molecule has 0 radical (unpaired) electrons. The summed E-state index contributed by atoms with van der Waals surface area (Å²) >= 11 is 0. The van der Waals surface area contributed by atoms with E-state index in [1.807, 2.05) is 6.92 Å². The van der Waals surface area contributed by atoms with Crippen molar-refractivity contribution < 1.29 is 29.0 Å². The topological polar surface area (TPSA) is 119 Å². The molecular formula is C24H24FN3O5. The van der Waals surface area contributed by atoms with Gasteiger partial charge in [0.2, 0.25) is 17.7 Å². The Morgan fingerprint density at radius 1 is 1.09 bits per heavy atom. The lowest BCUT2D eigenvalue weighted by Crippen LogP contribution is -2.54. The van der Waals surface area contributed by atoms with Gasteiger partial charge in [-0.15, -0.1) is 0 Å². The highest BCUT2D eigenvalue weighted by atomic mass is 19.1. The standard InChI is InChI=1S/C24H24FN3O5/c1-3-11(2)28-21(31)19-16(8-12-4-7-17(29)18(30)9-12)27-24(20(19)22(28)32)14-10-13(25)5-6-15(14)26-23(24)33/h4-7,9-11,16,19-20,27,29-30H,3,8H2,1-2H3,(H,26,33). The largest absolute Gasteiger partial charge is 0.504 e. The number of likely N-dealkylation sites (tertiary alicyclic amines) is 1. The van der Waals surface area contributed by atoms with Gasteiger partial charge in [-0.2, -0.15) is 0 Å². The molecule has 0 bridgehead atoms. The van der Waals surface area contributed by atoms with Crippen LogP contribution in [0, 0.1) is 17.7 Å². The maximum atomic E-state index is 14.2. The van der Waals surface area contributed by atoms with Crippen LogP contribution in [0.25, 0.3) is 0 Å². The van der Waals surface area contributed by atoms with Gasteiger partial charge < -0.3 is 15.5 Å². The highest BCUT2D eigenvalue weighted by molar-refractivity contribution is 6.15. The summed E-state index contributed by atoms with van der Waals surface area (Å²) in [4.78, 5) is 41.7. The summed E-state index contributed by atoms with van der Waals surface area (Å²) in [5, 5.41) is 25.5. The number of anilines is 1. The van der Waals surface area contributed by atoms with Gasteiger partial charge in [-0.25, -0.2) is 4.39 Å². The molecule has 33 heavy (non-hydrogen) atoms. The number of halogens is 1. The van der Waals surface area contributed by atoms with E-state index in [2.05, 4.69) is 10.6 Å². The summed E-state index contributed by atoms with van der Waals surface area (Å²) in [6.45, 7) is 3.66. The van der Waals surface area contributed by atoms with Crippen LogP contribution in [0.2, 0.25) is 0 Å². The van der Waals surface area contributed by atoms with Crippen molar-refractivity contribution in [2.24, 2.45) is 11.8 Å². The van der Waals surface area contributed by atoms with Crippen LogP contribution < -0.4 is 10.6 Å². The fraction of sp³-hybridized carbons (Fsp3) is 0.375. The highest BCUT2D eigenvalue weighted by Gasteiger charge is 2.70. The van der Waals surface area contributed by atoms with Gasteiger partial charge in [-0.1, -0.05) is 13.0 Å². The van der Waals surface area contributed by atoms with Gasteiger partial charge in [0.05, 0.1) is 11.8 Å². The zero-order valence-corrected chi connectivity index (χ0v) is 18.1. The average Bonchev–Trinajstić information content (AvgIpc) is 3.35. The molecule has 0 saturated carbocycles. The number of nitrogens with zero attached hydrogens (tertiary/aromatic N) is 1. The first-order chi connectivity index (χ1) is 15.7. The van der Waals surface area contributed by atoms with Gasteiger partial charge in [0, 0.05) is 23.3 Å². The number of rotatable bonds is 4. The molecule has 2 fully saturated rings. The van der Waals surface area contributed by atoms with Crippen LogP contribution in [0.15, 0.2) is 36.4 Å². The van der Waals surface area contributed by atoms with Crippen molar-refractivity contribution in [3.8, 4) is 11.5 Å². The third kappa shape index (κ3) is 2.88. The molecule has 4 N–H and O–H groups in total. The molecular weight excluding hydrogens is 429 g/mol. The number of imide groups is 1. The molecule has 3 amide bonds. The van der Waals surface area contributed by atoms with E-state index in [9.17, 15) is 29.0 Å². The summed E-state index contributed by atoms with van der Waals surface area (Å²) in [7, 11) is 0. The Bertz CT molecular complexity index is 1200. The van der Waals surface area contributed by atoms with E-state index < -0.39 is 41.0 Å². The number of fused-ring (bicyclic) bond motifs is 4. The molecule has 2 aromatic rings. The molecule has 5 unspecified atom stereocenters.